The van der Waals surface area contributed by atoms with Crippen molar-refractivity contribution in [3.8, 4) is 16.9 Å². The van der Waals surface area contributed by atoms with Crippen molar-refractivity contribution in [1.82, 2.24) is 0 Å². The van der Waals surface area contributed by atoms with Gasteiger partial charge in [0.25, 0.3) is 0 Å². The fourth-order valence-corrected chi connectivity index (χ4v) is 4.20. The molecular weight excluding hydrogens is 371 g/mol. The molecule has 0 heterocycles. The Bertz CT molecular complexity index is 810. The first kappa shape index (κ1) is 20.9. The SMILES string of the molecule is CCCCCC1CC=C(c2ccc(-c3ccc(OCC)c(Cl)c3F)cc2)CC1. The third-order valence-corrected chi connectivity index (χ3v) is 6.00. The van der Waals surface area contributed by atoms with Crippen molar-refractivity contribution in [2.24, 2.45) is 5.92 Å². The fraction of sp³-hybridized carbons (Fsp3) is 0.440. The molecule has 3 rings (SSSR count). The summed E-state index contributed by atoms with van der Waals surface area (Å²) in [6, 6.07) is 11.6. The molecule has 0 N–H and O–H groups in total. The minimum Gasteiger partial charge on any atom is -0.492 e. The van der Waals surface area contributed by atoms with Gasteiger partial charge in [0.15, 0.2) is 5.82 Å². The highest BCUT2D eigenvalue weighted by Gasteiger charge is 2.17. The summed E-state index contributed by atoms with van der Waals surface area (Å²) in [7, 11) is 0. The lowest BCUT2D eigenvalue weighted by Gasteiger charge is -2.22. The number of hydrogen-bond acceptors (Lipinski definition) is 1. The standard InChI is InChI=1S/C25H30ClFO/c1-3-5-6-7-18-8-10-19(11-9-18)20-12-14-21(15-13-20)22-16-17-23(28-4-2)24(26)25(22)27/h10,12-18H,3-9,11H2,1-2H3. The topological polar surface area (TPSA) is 9.23 Å². The lowest BCUT2D eigenvalue weighted by atomic mass is 9.83. The molecule has 3 heteroatoms. The van der Waals surface area contributed by atoms with Crippen LogP contribution in [0.25, 0.3) is 16.7 Å². The van der Waals surface area contributed by atoms with Gasteiger partial charge in [-0.1, -0.05) is 74.5 Å². The fourth-order valence-electron chi connectivity index (χ4n) is 3.98. The minimum atomic E-state index is -0.424. The highest BCUT2D eigenvalue weighted by Crippen LogP contribution is 2.36. The van der Waals surface area contributed by atoms with Crippen LogP contribution in [0.5, 0.6) is 5.75 Å². The molecule has 0 aromatic heterocycles. The first-order valence-corrected chi connectivity index (χ1v) is 10.9. The van der Waals surface area contributed by atoms with Gasteiger partial charge in [0.2, 0.25) is 0 Å². The van der Waals surface area contributed by atoms with Gasteiger partial charge in [-0.25, -0.2) is 4.39 Å². The van der Waals surface area contributed by atoms with Crippen LogP contribution in [-0.4, -0.2) is 6.61 Å². The van der Waals surface area contributed by atoms with E-state index in [1.165, 1.54) is 49.7 Å². The average molecular weight is 401 g/mol. The number of halogens is 2. The zero-order valence-electron chi connectivity index (χ0n) is 16.9. The summed E-state index contributed by atoms with van der Waals surface area (Å²) >= 11 is 6.13. The number of allylic oxidation sites excluding steroid dienone is 2. The van der Waals surface area contributed by atoms with Crippen LogP contribution in [0.3, 0.4) is 0 Å². The Morgan fingerprint density at radius 3 is 2.43 bits per heavy atom. The summed E-state index contributed by atoms with van der Waals surface area (Å²) in [5.74, 6) is 0.810. The third kappa shape index (κ3) is 4.97. The first-order chi connectivity index (χ1) is 13.6. The number of hydrogen-bond donors (Lipinski definition) is 0. The zero-order valence-corrected chi connectivity index (χ0v) is 17.7. The molecule has 0 amide bonds. The molecule has 0 fully saturated rings. The van der Waals surface area contributed by atoms with Crippen LogP contribution in [0.1, 0.15) is 64.4 Å². The maximum Gasteiger partial charge on any atom is 0.153 e. The zero-order chi connectivity index (χ0) is 19.9. The van der Waals surface area contributed by atoms with Crippen LogP contribution in [0.2, 0.25) is 5.02 Å². The Labute approximate surface area is 173 Å². The molecule has 0 saturated heterocycles. The Hall–Kier alpha value is -1.80. The molecule has 0 radical (unpaired) electrons. The number of benzene rings is 2. The molecule has 1 aliphatic rings. The highest BCUT2D eigenvalue weighted by molar-refractivity contribution is 6.32. The first-order valence-electron chi connectivity index (χ1n) is 10.5. The van der Waals surface area contributed by atoms with E-state index in [0.29, 0.717) is 17.9 Å². The van der Waals surface area contributed by atoms with Crippen molar-refractivity contribution in [1.29, 1.82) is 0 Å². The van der Waals surface area contributed by atoms with Gasteiger partial charge >= 0.3 is 0 Å². The van der Waals surface area contributed by atoms with Crippen molar-refractivity contribution in [2.45, 2.75) is 58.8 Å². The van der Waals surface area contributed by atoms with Crippen molar-refractivity contribution in [2.75, 3.05) is 6.61 Å². The summed E-state index contributed by atoms with van der Waals surface area (Å²) in [5, 5.41) is 0.0486. The van der Waals surface area contributed by atoms with Crippen molar-refractivity contribution < 1.29 is 9.13 Å². The van der Waals surface area contributed by atoms with Crippen molar-refractivity contribution in [3.05, 3.63) is 58.9 Å². The van der Waals surface area contributed by atoms with E-state index in [1.54, 1.807) is 12.1 Å². The van der Waals surface area contributed by atoms with Gasteiger partial charge in [0.05, 0.1) is 6.61 Å². The van der Waals surface area contributed by atoms with Crippen LogP contribution in [0.4, 0.5) is 4.39 Å². The Balaban J connectivity index is 1.70. The van der Waals surface area contributed by atoms with Gasteiger partial charge in [-0.15, -0.1) is 0 Å². The number of rotatable bonds is 8. The van der Waals surface area contributed by atoms with Crippen molar-refractivity contribution >= 4 is 17.2 Å². The molecule has 2 aromatic carbocycles. The molecule has 0 aliphatic heterocycles. The van der Waals surface area contributed by atoms with Crippen LogP contribution >= 0.6 is 11.6 Å². The summed E-state index contributed by atoms with van der Waals surface area (Å²) in [4.78, 5) is 0. The van der Waals surface area contributed by atoms with Crippen LogP contribution in [0.15, 0.2) is 42.5 Å². The molecule has 150 valence electrons. The van der Waals surface area contributed by atoms with E-state index in [-0.39, 0.29) is 5.02 Å². The van der Waals surface area contributed by atoms with E-state index in [0.717, 1.165) is 17.9 Å². The number of ether oxygens (including phenoxy) is 1. The summed E-state index contributed by atoms with van der Waals surface area (Å²) in [6.07, 6.45) is 11.4. The largest absolute Gasteiger partial charge is 0.492 e. The van der Waals surface area contributed by atoms with E-state index < -0.39 is 5.82 Å². The molecule has 1 aliphatic carbocycles. The maximum absolute atomic E-state index is 14.7. The van der Waals surface area contributed by atoms with Crippen LogP contribution in [0, 0.1) is 11.7 Å². The molecule has 1 nitrogen and oxygen atoms in total. The second kappa shape index (κ2) is 10.1. The lowest BCUT2D eigenvalue weighted by molar-refractivity contribution is 0.338. The Morgan fingerprint density at radius 1 is 1.04 bits per heavy atom. The van der Waals surface area contributed by atoms with Gasteiger partial charge in [-0.3, -0.25) is 0 Å². The molecule has 0 bridgehead atoms. The normalized spacial score (nSPS) is 16.7. The summed E-state index contributed by atoms with van der Waals surface area (Å²) in [5.41, 5.74) is 4.00. The van der Waals surface area contributed by atoms with E-state index in [2.05, 4.69) is 25.1 Å². The second-order valence-corrected chi connectivity index (χ2v) is 7.99. The molecule has 2 aromatic rings. The molecule has 0 spiro atoms. The van der Waals surface area contributed by atoms with E-state index in [1.807, 2.05) is 19.1 Å². The van der Waals surface area contributed by atoms with Gasteiger partial charge < -0.3 is 4.74 Å². The maximum atomic E-state index is 14.7. The average Bonchev–Trinajstić information content (AvgIpc) is 2.73. The van der Waals surface area contributed by atoms with Gasteiger partial charge in [0.1, 0.15) is 10.8 Å². The summed E-state index contributed by atoms with van der Waals surface area (Å²) < 4.78 is 20.0. The summed E-state index contributed by atoms with van der Waals surface area (Å²) in [6.45, 7) is 4.58. The molecule has 0 saturated carbocycles. The molecule has 28 heavy (non-hydrogen) atoms. The minimum absolute atomic E-state index is 0.0486. The quantitative estimate of drug-likeness (QED) is 0.405. The molecular formula is C25H30ClFO. The van der Waals surface area contributed by atoms with Crippen molar-refractivity contribution in [3.63, 3.8) is 0 Å². The second-order valence-electron chi connectivity index (χ2n) is 7.62. The Kier molecular flexibility index (Phi) is 7.56. The van der Waals surface area contributed by atoms with Gasteiger partial charge in [-0.05, 0) is 60.9 Å². The van der Waals surface area contributed by atoms with Crippen LogP contribution in [-0.2, 0) is 0 Å². The van der Waals surface area contributed by atoms with Crippen LogP contribution < -0.4 is 4.74 Å². The van der Waals surface area contributed by atoms with E-state index >= 15 is 0 Å². The van der Waals surface area contributed by atoms with E-state index in [4.69, 9.17) is 16.3 Å². The smallest absolute Gasteiger partial charge is 0.153 e. The molecule has 1 unspecified atom stereocenters. The molecule has 1 atom stereocenters. The number of unbranched alkanes of at least 4 members (excludes halogenated alkanes) is 2. The van der Waals surface area contributed by atoms with Gasteiger partial charge in [0, 0.05) is 5.56 Å². The predicted octanol–water partition coefficient (Wildman–Crippen LogP) is 8.31. The predicted molar refractivity (Wildman–Crippen MR) is 117 cm³/mol. The van der Waals surface area contributed by atoms with E-state index in [9.17, 15) is 4.39 Å². The Morgan fingerprint density at radius 2 is 1.79 bits per heavy atom. The highest BCUT2D eigenvalue weighted by atomic mass is 35.5. The monoisotopic (exact) mass is 400 g/mol. The lowest BCUT2D eigenvalue weighted by Crippen LogP contribution is -2.05. The van der Waals surface area contributed by atoms with Gasteiger partial charge in [-0.2, -0.15) is 0 Å². The third-order valence-electron chi connectivity index (χ3n) is 5.65.